The Morgan fingerprint density at radius 3 is 2.50 bits per heavy atom. The van der Waals surface area contributed by atoms with Crippen molar-refractivity contribution in [2.45, 2.75) is 30.3 Å². The highest BCUT2D eigenvalue weighted by Crippen LogP contribution is 2.29. The predicted octanol–water partition coefficient (Wildman–Crippen LogP) is 4.98. The number of nitrogens with one attached hydrogen (secondary N) is 1. The molecule has 6 heteroatoms. The average Bonchev–Trinajstić information content (AvgIpc) is 3.50. The van der Waals surface area contributed by atoms with E-state index in [2.05, 4.69) is 22.3 Å². The highest BCUT2D eigenvalue weighted by Gasteiger charge is 2.30. The number of halogens is 1. The first-order chi connectivity index (χ1) is 12.7. The molecule has 1 N–H and O–H groups in total. The van der Waals surface area contributed by atoms with E-state index in [1.807, 2.05) is 36.4 Å². The smallest absolute Gasteiger partial charge is 0.169 e. The first kappa shape index (κ1) is 19.3. The fraction of sp³-hybridized carbons (Fsp3) is 0.350. The molecule has 0 unspecified atom stereocenters. The summed E-state index contributed by atoms with van der Waals surface area (Å²) in [6.07, 6.45) is 2.44. The van der Waals surface area contributed by atoms with E-state index in [0.29, 0.717) is 6.04 Å². The Hall–Kier alpha value is -1.43. The van der Waals surface area contributed by atoms with Crippen LogP contribution in [0.15, 0.2) is 53.4 Å². The number of hydrogen-bond donors (Lipinski definition) is 1. The highest BCUT2D eigenvalue weighted by molar-refractivity contribution is 7.99. The van der Waals surface area contributed by atoms with Crippen molar-refractivity contribution in [1.82, 2.24) is 10.2 Å². The first-order valence-electron chi connectivity index (χ1n) is 8.71. The van der Waals surface area contributed by atoms with Gasteiger partial charge in [-0.05, 0) is 67.0 Å². The summed E-state index contributed by atoms with van der Waals surface area (Å²) >= 11 is 13.4. The summed E-state index contributed by atoms with van der Waals surface area (Å²) in [5.41, 5.74) is 1.25. The van der Waals surface area contributed by atoms with Gasteiger partial charge in [0, 0.05) is 34.8 Å². The zero-order valence-electron chi connectivity index (χ0n) is 14.8. The van der Waals surface area contributed by atoms with Crippen LogP contribution in [-0.2, 0) is 6.54 Å². The lowest BCUT2D eigenvalue weighted by molar-refractivity contribution is 0.395. The van der Waals surface area contributed by atoms with Gasteiger partial charge in [0.1, 0.15) is 5.75 Å². The Morgan fingerprint density at radius 1 is 1.19 bits per heavy atom. The number of ether oxygens (including phenoxy) is 1. The highest BCUT2D eigenvalue weighted by atomic mass is 35.5. The van der Waals surface area contributed by atoms with Crippen molar-refractivity contribution in [1.29, 1.82) is 0 Å². The molecule has 0 aromatic heterocycles. The molecule has 3 nitrogen and oxygen atoms in total. The maximum Gasteiger partial charge on any atom is 0.169 e. The maximum atomic E-state index is 5.92. The lowest BCUT2D eigenvalue weighted by Gasteiger charge is -2.26. The van der Waals surface area contributed by atoms with Gasteiger partial charge in [0.2, 0.25) is 0 Å². The van der Waals surface area contributed by atoms with E-state index in [9.17, 15) is 0 Å². The third-order valence-electron chi connectivity index (χ3n) is 4.22. The number of rotatable bonds is 8. The van der Waals surface area contributed by atoms with Gasteiger partial charge >= 0.3 is 0 Å². The second kappa shape index (κ2) is 9.49. The molecule has 0 aliphatic heterocycles. The topological polar surface area (TPSA) is 24.5 Å². The molecule has 0 spiro atoms. The Kier molecular flexibility index (Phi) is 7.06. The second-order valence-electron chi connectivity index (χ2n) is 6.24. The lowest BCUT2D eigenvalue weighted by Crippen LogP contribution is -2.41. The van der Waals surface area contributed by atoms with Gasteiger partial charge in [0.05, 0.1) is 7.11 Å². The summed E-state index contributed by atoms with van der Waals surface area (Å²) in [6, 6.07) is 16.7. The minimum absolute atomic E-state index is 0.570. The van der Waals surface area contributed by atoms with Crippen LogP contribution in [0.2, 0.25) is 5.02 Å². The normalized spacial score (nSPS) is 13.3. The molecule has 138 valence electrons. The summed E-state index contributed by atoms with van der Waals surface area (Å²) in [5, 5.41) is 5.03. The van der Waals surface area contributed by atoms with Crippen molar-refractivity contribution >= 4 is 40.7 Å². The molecule has 0 radical (unpaired) electrons. The third kappa shape index (κ3) is 5.79. The average molecular weight is 407 g/mol. The molecular weight excluding hydrogens is 384 g/mol. The quantitative estimate of drug-likeness (QED) is 0.378. The molecule has 2 aromatic rings. The van der Waals surface area contributed by atoms with Crippen molar-refractivity contribution in [3.8, 4) is 5.75 Å². The number of methoxy groups -OCH3 is 1. The van der Waals surface area contributed by atoms with Gasteiger partial charge in [-0.25, -0.2) is 0 Å². The minimum Gasteiger partial charge on any atom is -0.497 e. The molecule has 0 bridgehead atoms. The van der Waals surface area contributed by atoms with Crippen LogP contribution in [0, 0.1) is 0 Å². The van der Waals surface area contributed by atoms with E-state index >= 15 is 0 Å². The summed E-state index contributed by atoms with van der Waals surface area (Å²) in [5.74, 6) is 1.84. The van der Waals surface area contributed by atoms with Crippen LogP contribution in [0.3, 0.4) is 0 Å². The van der Waals surface area contributed by atoms with Gasteiger partial charge in [0.25, 0.3) is 0 Å². The van der Waals surface area contributed by atoms with E-state index in [4.69, 9.17) is 28.6 Å². The molecule has 0 amide bonds. The molecule has 0 atom stereocenters. The van der Waals surface area contributed by atoms with Gasteiger partial charge in [0.15, 0.2) is 5.11 Å². The fourth-order valence-corrected chi connectivity index (χ4v) is 3.85. The van der Waals surface area contributed by atoms with Crippen molar-refractivity contribution in [2.24, 2.45) is 0 Å². The largest absolute Gasteiger partial charge is 0.497 e. The Morgan fingerprint density at radius 2 is 1.88 bits per heavy atom. The summed E-state index contributed by atoms with van der Waals surface area (Å²) < 4.78 is 5.23. The number of thioether (sulfide) groups is 1. The fourth-order valence-electron chi connectivity index (χ4n) is 2.64. The molecule has 2 aromatic carbocycles. The van der Waals surface area contributed by atoms with Crippen LogP contribution < -0.4 is 10.1 Å². The van der Waals surface area contributed by atoms with Gasteiger partial charge in [-0.2, -0.15) is 0 Å². The molecule has 1 aliphatic carbocycles. The third-order valence-corrected chi connectivity index (χ3v) is 5.87. The van der Waals surface area contributed by atoms with Gasteiger partial charge < -0.3 is 15.0 Å². The number of nitrogens with zero attached hydrogens (tertiary/aromatic N) is 1. The summed E-state index contributed by atoms with van der Waals surface area (Å²) in [6.45, 7) is 1.68. The standard InChI is InChI=1S/C20H23ClN2OS2/c1-24-18-8-2-15(3-9-18)14-23(17-6-7-17)20(25)22-12-13-26-19-10-4-16(21)5-11-19/h2-5,8-11,17H,6-7,12-14H2,1H3,(H,22,25). The zero-order valence-corrected chi connectivity index (χ0v) is 17.2. The molecular formula is C20H23ClN2OS2. The number of hydrogen-bond acceptors (Lipinski definition) is 3. The molecule has 1 aliphatic rings. The lowest BCUT2D eigenvalue weighted by atomic mass is 10.2. The molecule has 1 fully saturated rings. The summed E-state index contributed by atoms with van der Waals surface area (Å²) in [4.78, 5) is 3.53. The van der Waals surface area contributed by atoms with Crippen molar-refractivity contribution in [2.75, 3.05) is 19.4 Å². The van der Waals surface area contributed by atoms with Gasteiger partial charge in [-0.1, -0.05) is 23.7 Å². The number of benzene rings is 2. The van der Waals surface area contributed by atoms with Crippen LogP contribution in [0.1, 0.15) is 18.4 Å². The van der Waals surface area contributed by atoms with Gasteiger partial charge in [-0.15, -0.1) is 11.8 Å². The maximum absolute atomic E-state index is 5.92. The molecule has 3 rings (SSSR count). The molecule has 26 heavy (non-hydrogen) atoms. The zero-order chi connectivity index (χ0) is 18.4. The molecule has 1 saturated carbocycles. The van der Waals surface area contributed by atoms with Crippen LogP contribution in [0.5, 0.6) is 5.75 Å². The second-order valence-corrected chi connectivity index (χ2v) is 8.23. The van der Waals surface area contributed by atoms with Crippen LogP contribution in [-0.4, -0.2) is 35.5 Å². The summed E-state index contributed by atoms with van der Waals surface area (Å²) in [7, 11) is 1.69. The first-order valence-corrected chi connectivity index (χ1v) is 10.5. The minimum atomic E-state index is 0.570. The van der Waals surface area contributed by atoms with Crippen LogP contribution in [0.4, 0.5) is 0 Å². The van der Waals surface area contributed by atoms with Crippen molar-refractivity contribution < 1.29 is 4.74 Å². The van der Waals surface area contributed by atoms with Crippen LogP contribution in [0.25, 0.3) is 0 Å². The SMILES string of the molecule is COc1ccc(CN(C(=S)NCCSc2ccc(Cl)cc2)C2CC2)cc1. The number of thiocarbonyl (C=S) groups is 1. The molecule has 0 heterocycles. The van der Waals surface area contributed by atoms with E-state index in [0.717, 1.165) is 34.7 Å². The van der Waals surface area contributed by atoms with E-state index in [-0.39, 0.29) is 0 Å². The van der Waals surface area contributed by atoms with Crippen molar-refractivity contribution in [3.63, 3.8) is 0 Å². The monoisotopic (exact) mass is 406 g/mol. The van der Waals surface area contributed by atoms with E-state index in [1.54, 1.807) is 18.9 Å². The van der Waals surface area contributed by atoms with Crippen LogP contribution >= 0.6 is 35.6 Å². The Labute approximate surface area is 170 Å². The Bertz CT molecular complexity index is 718. The van der Waals surface area contributed by atoms with E-state index in [1.165, 1.54) is 23.3 Å². The molecule has 0 saturated heterocycles. The van der Waals surface area contributed by atoms with E-state index < -0.39 is 0 Å². The van der Waals surface area contributed by atoms with Gasteiger partial charge in [-0.3, -0.25) is 0 Å². The van der Waals surface area contributed by atoms with Crippen molar-refractivity contribution in [3.05, 3.63) is 59.1 Å². The Balaban J connectivity index is 1.46. The predicted molar refractivity (Wildman–Crippen MR) is 114 cm³/mol.